The third-order valence-electron chi connectivity index (χ3n) is 5.37. The van der Waals surface area contributed by atoms with Gasteiger partial charge in [-0.15, -0.1) is 11.3 Å². The predicted molar refractivity (Wildman–Crippen MR) is 105 cm³/mol. The summed E-state index contributed by atoms with van der Waals surface area (Å²) >= 11 is 4.66. The Balaban J connectivity index is 1.42. The molecule has 28 heavy (non-hydrogen) atoms. The highest BCUT2D eigenvalue weighted by Crippen LogP contribution is 2.44. The van der Waals surface area contributed by atoms with E-state index >= 15 is 0 Å². The third kappa shape index (κ3) is 3.76. The van der Waals surface area contributed by atoms with Crippen LogP contribution in [0.3, 0.4) is 0 Å². The van der Waals surface area contributed by atoms with Crippen LogP contribution in [0.25, 0.3) is 0 Å². The van der Waals surface area contributed by atoms with E-state index in [4.69, 9.17) is 4.74 Å². The molecule has 1 unspecified atom stereocenters. The average Bonchev–Trinajstić information content (AvgIpc) is 3.28. The normalized spacial score (nSPS) is 20.4. The molecule has 2 aromatic heterocycles. The summed E-state index contributed by atoms with van der Waals surface area (Å²) < 4.78 is 6.66. The lowest BCUT2D eigenvalue weighted by Gasteiger charge is -2.49. The van der Waals surface area contributed by atoms with E-state index in [2.05, 4.69) is 25.9 Å². The highest BCUT2D eigenvalue weighted by atomic mass is 79.9. The first kappa shape index (κ1) is 19.3. The van der Waals surface area contributed by atoms with Gasteiger partial charge in [-0.25, -0.2) is 9.78 Å². The molecule has 2 aromatic rings. The molecule has 4 heterocycles. The number of pyridine rings is 1. The number of ether oxygens (including phenoxy) is 1. The van der Waals surface area contributed by atoms with Gasteiger partial charge in [0.25, 0.3) is 5.91 Å². The number of halogens is 1. The van der Waals surface area contributed by atoms with E-state index < -0.39 is 6.09 Å². The van der Waals surface area contributed by atoms with Crippen molar-refractivity contribution in [3.05, 3.63) is 45.1 Å². The van der Waals surface area contributed by atoms with Crippen LogP contribution in [0.5, 0.6) is 0 Å². The Morgan fingerprint density at radius 2 is 2.11 bits per heavy atom. The fourth-order valence-electron chi connectivity index (χ4n) is 3.94. The molecule has 0 saturated carbocycles. The van der Waals surface area contributed by atoms with Gasteiger partial charge in [-0.3, -0.25) is 9.78 Å². The van der Waals surface area contributed by atoms with Crippen molar-refractivity contribution >= 4 is 39.3 Å². The second-order valence-electron chi connectivity index (χ2n) is 7.22. The second kappa shape index (κ2) is 7.76. The van der Waals surface area contributed by atoms with Gasteiger partial charge in [0.15, 0.2) is 0 Å². The highest BCUT2D eigenvalue weighted by Gasteiger charge is 2.56. The molecule has 0 radical (unpaired) electrons. The molecule has 0 aromatic carbocycles. The Morgan fingerprint density at radius 1 is 1.32 bits per heavy atom. The molecular formula is C18H19BrN4O4S. The van der Waals surface area contributed by atoms with Gasteiger partial charge in [0, 0.05) is 37.5 Å². The maximum Gasteiger partial charge on any atom is 0.407 e. The van der Waals surface area contributed by atoms with Crippen molar-refractivity contribution in [2.45, 2.75) is 6.61 Å². The van der Waals surface area contributed by atoms with Crippen LogP contribution in [0, 0.1) is 11.3 Å². The van der Waals surface area contributed by atoms with Crippen molar-refractivity contribution in [1.82, 2.24) is 19.8 Å². The number of thiazole rings is 1. The van der Waals surface area contributed by atoms with Crippen LogP contribution in [-0.4, -0.2) is 69.7 Å². The maximum absolute atomic E-state index is 12.7. The Bertz CT molecular complexity index is 872. The number of carbonyl (C=O) groups excluding carboxylic acids is 1. The van der Waals surface area contributed by atoms with Crippen LogP contribution in [0.15, 0.2) is 34.5 Å². The second-order valence-corrected chi connectivity index (χ2v) is 8.91. The maximum atomic E-state index is 12.7. The van der Waals surface area contributed by atoms with Gasteiger partial charge >= 0.3 is 6.09 Å². The van der Waals surface area contributed by atoms with Gasteiger partial charge in [-0.1, -0.05) is 6.07 Å². The number of carboxylic acid groups (broad SMARTS) is 1. The lowest BCUT2D eigenvalue weighted by atomic mass is 9.72. The van der Waals surface area contributed by atoms with E-state index in [1.807, 2.05) is 18.2 Å². The number of hydrogen-bond acceptors (Lipinski definition) is 6. The van der Waals surface area contributed by atoms with E-state index in [0.29, 0.717) is 44.3 Å². The first-order valence-corrected chi connectivity index (χ1v) is 10.5. The number of likely N-dealkylation sites (tertiary alicyclic amines) is 2. The van der Waals surface area contributed by atoms with E-state index in [1.54, 1.807) is 16.6 Å². The molecule has 2 amide bonds. The zero-order valence-corrected chi connectivity index (χ0v) is 17.4. The van der Waals surface area contributed by atoms with E-state index in [9.17, 15) is 14.7 Å². The molecule has 4 rings (SSSR count). The molecule has 148 valence electrons. The van der Waals surface area contributed by atoms with Gasteiger partial charge < -0.3 is 19.6 Å². The van der Waals surface area contributed by atoms with Gasteiger partial charge in [-0.2, -0.15) is 0 Å². The molecular weight excluding hydrogens is 448 g/mol. The van der Waals surface area contributed by atoms with Gasteiger partial charge in [0.05, 0.1) is 30.6 Å². The van der Waals surface area contributed by atoms with Crippen LogP contribution in [0.1, 0.15) is 15.4 Å². The minimum Gasteiger partial charge on any atom is -0.465 e. The van der Waals surface area contributed by atoms with Crippen molar-refractivity contribution in [3.63, 3.8) is 0 Å². The fourth-order valence-corrected chi connectivity index (χ4v) is 4.91. The van der Waals surface area contributed by atoms with Crippen molar-refractivity contribution in [3.8, 4) is 0 Å². The zero-order valence-electron chi connectivity index (χ0n) is 15.0. The molecule has 2 aliphatic rings. The van der Waals surface area contributed by atoms with Crippen molar-refractivity contribution < 1.29 is 19.4 Å². The molecule has 2 saturated heterocycles. The highest BCUT2D eigenvalue weighted by molar-refractivity contribution is 9.10. The molecule has 2 aliphatic heterocycles. The first-order valence-electron chi connectivity index (χ1n) is 8.82. The topological polar surface area (TPSA) is 95.9 Å². The summed E-state index contributed by atoms with van der Waals surface area (Å²) in [5.74, 6) is 0.0268. The van der Waals surface area contributed by atoms with Gasteiger partial charge in [0.2, 0.25) is 0 Å². The zero-order chi connectivity index (χ0) is 19.7. The number of amides is 2. The number of carbonyl (C=O) groups is 2. The number of nitrogens with zero attached hydrogens (tertiary/aromatic N) is 4. The number of aromatic nitrogens is 2. The smallest absolute Gasteiger partial charge is 0.407 e. The molecule has 10 heteroatoms. The Hall–Kier alpha value is -2.04. The monoisotopic (exact) mass is 466 g/mol. The molecule has 1 N–H and O–H groups in total. The standard InChI is InChI=1S/C18H19BrN4O4S/c19-15-3-1-2-13(21-15)7-27-6-12-5-22(16(24)14-4-20-11-28-14)8-18(12)9-23(10-18)17(25)26/h1-4,11-12H,5-10H2,(H,25,26). The van der Waals surface area contributed by atoms with E-state index in [-0.39, 0.29) is 17.2 Å². The van der Waals surface area contributed by atoms with Gasteiger partial charge in [0.1, 0.15) is 9.48 Å². The summed E-state index contributed by atoms with van der Waals surface area (Å²) in [6.07, 6.45) is 0.656. The lowest BCUT2D eigenvalue weighted by Crippen LogP contribution is -2.62. The first-order chi connectivity index (χ1) is 13.5. The predicted octanol–water partition coefficient (Wildman–Crippen LogP) is 2.57. The summed E-state index contributed by atoms with van der Waals surface area (Å²) in [6.45, 7) is 2.77. The summed E-state index contributed by atoms with van der Waals surface area (Å²) in [4.78, 5) is 36.1. The summed E-state index contributed by atoms with van der Waals surface area (Å²) in [5.41, 5.74) is 2.21. The SMILES string of the molecule is O=C(O)N1CC2(C1)CN(C(=O)c1cncs1)CC2COCc1cccc(Br)n1. The number of rotatable bonds is 5. The van der Waals surface area contributed by atoms with Gasteiger partial charge in [-0.05, 0) is 28.1 Å². The summed E-state index contributed by atoms with van der Waals surface area (Å²) in [5, 5.41) is 9.23. The minimum absolute atomic E-state index is 0.0493. The largest absolute Gasteiger partial charge is 0.465 e. The Labute approximate surface area is 174 Å². The van der Waals surface area contributed by atoms with Crippen LogP contribution in [-0.2, 0) is 11.3 Å². The van der Waals surface area contributed by atoms with E-state index in [0.717, 1.165) is 10.3 Å². The average molecular weight is 467 g/mol. The molecule has 0 bridgehead atoms. The third-order valence-corrected chi connectivity index (χ3v) is 6.57. The summed E-state index contributed by atoms with van der Waals surface area (Å²) in [7, 11) is 0. The molecule has 1 spiro atoms. The molecule has 0 aliphatic carbocycles. The Kier molecular flexibility index (Phi) is 5.35. The summed E-state index contributed by atoms with van der Waals surface area (Å²) in [6, 6.07) is 5.65. The van der Waals surface area contributed by atoms with Crippen LogP contribution < -0.4 is 0 Å². The van der Waals surface area contributed by atoms with Crippen molar-refractivity contribution in [2.24, 2.45) is 11.3 Å². The molecule has 8 nitrogen and oxygen atoms in total. The van der Waals surface area contributed by atoms with E-state index in [1.165, 1.54) is 16.2 Å². The lowest BCUT2D eigenvalue weighted by molar-refractivity contribution is -0.0389. The van der Waals surface area contributed by atoms with Crippen molar-refractivity contribution in [2.75, 3.05) is 32.8 Å². The number of hydrogen-bond donors (Lipinski definition) is 1. The fraction of sp³-hybridized carbons (Fsp3) is 0.444. The quantitative estimate of drug-likeness (QED) is 0.680. The van der Waals surface area contributed by atoms with Crippen molar-refractivity contribution in [1.29, 1.82) is 0 Å². The molecule has 2 fully saturated rings. The minimum atomic E-state index is -0.920. The Morgan fingerprint density at radius 3 is 2.79 bits per heavy atom. The van der Waals surface area contributed by atoms with Crippen LogP contribution in [0.2, 0.25) is 0 Å². The molecule has 1 atom stereocenters. The van der Waals surface area contributed by atoms with Crippen LogP contribution >= 0.6 is 27.3 Å². The van der Waals surface area contributed by atoms with Crippen LogP contribution in [0.4, 0.5) is 4.79 Å².